The second kappa shape index (κ2) is 6.09. The van der Waals surface area contributed by atoms with Crippen molar-refractivity contribution in [3.8, 4) is 10.6 Å². The number of pyridine rings is 1. The van der Waals surface area contributed by atoms with Gasteiger partial charge in [-0.3, -0.25) is 4.98 Å². The predicted molar refractivity (Wildman–Crippen MR) is 91.5 cm³/mol. The van der Waals surface area contributed by atoms with E-state index in [0.29, 0.717) is 10.6 Å². The third kappa shape index (κ3) is 2.76. The summed E-state index contributed by atoms with van der Waals surface area (Å²) in [5.41, 5.74) is 2.51. The van der Waals surface area contributed by atoms with Crippen LogP contribution in [-0.4, -0.2) is 24.6 Å². The van der Waals surface area contributed by atoms with Gasteiger partial charge in [0.15, 0.2) is 0 Å². The van der Waals surface area contributed by atoms with Crippen LogP contribution in [0, 0.1) is 5.82 Å². The van der Waals surface area contributed by atoms with Gasteiger partial charge in [-0.15, -0.1) is 11.3 Å². The fourth-order valence-electron chi connectivity index (χ4n) is 2.22. The zero-order valence-electron chi connectivity index (χ0n) is 10.9. The molecule has 0 unspecified atom stereocenters. The lowest BCUT2D eigenvalue weighted by atomic mass is 10.1. The van der Waals surface area contributed by atoms with E-state index in [1.54, 1.807) is 0 Å². The third-order valence-corrected chi connectivity index (χ3v) is 6.32. The number of aromatic nitrogens is 1. The van der Waals surface area contributed by atoms with E-state index in [2.05, 4.69) is 26.2 Å². The first-order valence-corrected chi connectivity index (χ1v) is 10.2. The zero-order valence-corrected chi connectivity index (χ0v) is 14.7. The first-order chi connectivity index (χ1) is 10.1. The SMILES string of the molecule is COC(=O)c1cc2c(s1)-c1ncc(F)cc1N(SI)CC2. The molecule has 3 rings (SSSR count). The van der Waals surface area contributed by atoms with Crippen LogP contribution in [0.1, 0.15) is 15.2 Å². The number of nitrogens with zero attached hydrogens (tertiary/aromatic N) is 2. The minimum Gasteiger partial charge on any atom is -0.465 e. The molecule has 0 N–H and O–H groups in total. The number of anilines is 1. The Morgan fingerprint density at radius 1 is 1.57 bits per heavy atom. The second-order valence-electron chi connectivity index (χ2n) is 4.40. The maximum atomic E-state index is 13.5. The summed E-state index contributed by atoms with van der Waals surface area (Å²) in [4.78, 5) is 17.4. The minimum atomic E-state index is -0.364. The lowest BCUT2D eigenvalue weighted by Gasteiger charge is -2.19. The van der Waals surface area contributed by atoms with Crippen molar-refractivity contribution in [1.29, 1.82) is 0 Å². The van der Waals surface area contributed by atoms with Crippen LogP contribution in [-0.2, 0) is 11.2 Å². The van der Waals surface area contributed by atoms with Gasteiger partial charge in [0.05, 0.1) is 23.9 Å². The van der Waals surface area contributed by atoms with Gasteiger partial charge in [0.2, 0.25) is 0 Å². The van der Waals surface area contributed by atoms with E-state index < -0.39 is 0 Å². The van der Waals surface area contributed by atoms with Crippen LogP contribution in [0.4, 0.5) is 10.1 Å². The van der Waals surface area contributed by atoms with Gasteiger partial charge >= 0.3 is 5.97 Å². The molecule has 2 aromatic heterocycles. The van der Waals surface area contributed by atoms with Gasteiger partial charge in [-0.2, -0.15) is 0 Å². The van der Waals surface area contributed by atoms with Gasteiger partial charge in [-0.25, -0.2) is 9.18 Å². The molecule has 1 aliphatic rings. The molecule has 0 radical (unpaired) electrons. The first-order valence-electron chi connectivity index (χ1n) is 6.07. The summed E-state index contributed by atoms with van der Waals surface area (Å²) >= 11 is 3.52. The molecule has 8 heteroatoms. The molecule has 0 atom stereocenters. The molecule has 3 heterocycles. The lowest BCUT2D eigenvalue weighted by Crippen LogP contribution is -2.15. The lowest BCUT2D eigenvalue weighted by molar-refractivity contribution is 0.0606. The minimum absolute atomic E-state index is 0.350. The number of ether oxygens (including phenoxy) is 1. The van der Waals surface area contributed by atoms with Crippen LogP contribution in [0.15, 0.2) is 18.3 Å². The summed E-state index contributed by atoms with van der Waals surface area (Å²) in [5.74, 6) is -0.714. The van der Waals surface area contributed by atoms with E-state index in [0.717, 1.165) is 29.1 Å². The molecule has 2 aromatic rings. The van der Waals surface area contributed by atoms with Crippen molar-refractivity contribution < 1.29 is 13.9 Å². The molecule has 0 saturated heterocycles. The topological polar surface area (TPSA) is 42.4 Å². The van der Waals surface area contributed by atoms with E-state index in [1.807, 2.05) is 10.4 Å². The van der Waals surface area contributed by atoms with Crippen LogP contribution >= 0.6 is 41.7 Å². The Labute approximate surface area is 141 Å². The van der Waals surface area contributed by atoms with E-state index in [1.165, 1.54) is 39.8 Å². The second-order valence-corrected chi connectivity index (χ2v) is 7.21. The summed E-state index contributed by atoms with van der Waals surface area (Å²) in [5, 5.41) is 0. The predicted octanol–water partition coefficient (Wildman–Crippen LogP) is 4.10. The van der Waals surface area contributed by atoms with Crippen LogP contribution in [0.5, 0.6) is 0 Å². The maximum absolute atomic E-state index is 13.5. The van der Waals surface area contributed by atoms with Gasteiger partial charge in [-0.1, -0.05) is 0 Å². The van der Waals surface area contributed by atoms with Crippen molar-refractivity contribution in [3.05, 3.63) is 34.6 Å². The average molecular weight is 436 g/mol. The van der Waals surface area contributed by atoms with Gasteiger partial charge in [0, 0.05) is 42.9 Å². The fourth-order valence-corrected chi connectivity index (χ4v) is 4.96. The molecule has 0 spiro atoms. The van der Waals surface area contributed by atoms with Crippen LogP contribution in [0.3, 0.4) is 0 Å². The number of esters is 1. The van der Waals surface area contributed by atoms with Crippen LogP contribution in [0.2, 0.25) is 0 Å². The van der Waals surface area contributed by atoms with Gasteiger partial charge in [0.1, 0.15) is 16.4 Å². The molecule has 0 aromatic carbocycles. The molecule has 0 saturated carbocycles. The monoisotopic (exact) mass is 436 g/mol. The molecular formula is C13H10FIN2O2S2. The number of rotatable bonds is 2. The highest BCUT2D eigenvalue weighted by molar-refractivity contribution is 14.2. The van der Waals surface area contributed by atoms with Gasteiger partial charge in [0.25, 0.3) is 0 Å². The van der Waals surface area contributed by atoms with Gasteiger partial charge < -0.3 is 9.04 Å². The highest BCUT2D eigenvalue weighted by atomic mass is 127. The summed E-state index contributed by atoms with van der Waals surface area (Å²) in [7, 11) is 2.87. The largest absolute Gasteiger partial charge is 0.465 e. The number of carbonyl (C=O) groups is 1. The Bertz CT molecular complexity index is 707. The maximum Gasteiger partial charge on any atom is 0.348 e. The number of carbonyl (C=O) groups excluding carboxylic acids is 1. The van der Waals surface area contributed by atoms with Crippen molar-refractivity contribution in [1.82, 2.24) is 4.98 Å². The molecule has 1 aliphatic heterocycles. The number of halogens is 2. The fraction of sp³-hybridized carbons (Fsp3) is 0.231. The molecule has 0 fully saturated rings. The molecule has 110 valence electrons. The summed E-state index contributed by atoms with van der Waals surface area (Å²) in [6.07, 6.45) is 1.98. The van der Waals surface area contributed by atoms with E-state index in [4.69, 9.17) is 4.74 Å². The van der Waals surface area contributed by atoms with Crippen LogP contribution in [0.25, 0.3) is 10.6 Å². The highest BCUT2D eigenvalue weighted by Gasteiger charge is 2.25. The zero-order chi connectivity index (χ0) is 15.0. The summed E-state index contributed by atoms with van der Waals surface area (Å²) in [6.45, 7) is 0.732. The molecular weight excluding hydrogens is 426 g/mol. The Morgan fingerprint density at radius 2 is 2.38 bits per heavy atom. The van der Waals surface area contributed by atoms with E-state index in [-0.39, 0.29) is 11.8 Å². The highest BCUT2D eigenvalue weighted by Crippen LogP contribution is 2.43. The summed E-state index contributed by atoms with van der Waals surface area (Å²) < 4.78 is 20.3. The van der Waals surface area contributed by atoms with E-state index >= 15 is 0 Å². The standard InChI is InChI=1S/C13H10FIN2O2S2/c1-19-13(18)10-4-7-2-3-17(21-15)9-5-8(14)6-16-11(9)12(7)20-10/h4-6H,2-3H2,1H3. The normalized spacial score (nSPS) is 13.4. The van der Waals surface area contributed by atoms with Crippen LogP contribution < -0.4 is 4.31 Å². The van der Waals surface area contributed by atoms with Crippen molar-refractivity contribution in [2.45, 2.75) is 6.42 Å². The van der Waals surface area contributed by atoms with Crippen molar-refractivity contribution in [2.75, 3.05) is 18.0 Å². The Hall–Kier alpha value is -0.870. The Kier molecular flexibility index (Phi) is 4.36. The number of fused-ring (bicyclic) bond motifs is 3. The smallest absolute Gasteiger partial charge is 0.348 e. The third-order valence-electron chi connectivity index (χ3n) is 3.18. The van der Waals surface area contributed by atoms with E-state index in [9.17, 15) is 9.18 Å². The number of hydrogen-bond donors (Lipinski definition) is 0. The molecule has 0 aliphatic carbocycles. The molecule has 21 heavy (non-hydrogen) atoms. The molecule has 0 amide bonds. The van der Waals surface area contributed by atoms with Crippen molar-refractivity contribution in [2.24, 2.45) is 0 Å². The number of hydrogen-bond acceptors (Lipinski definition) is 6. The Balaban J connectivity index is 2.16. The van der Waals surface area contributed by atoms with Crippen molar-refractivity contribution >= 4 is 53.3 Å². The number of methoxy groups -OCH3 is 1. The summed E-state index contributed by atoms with van der Waals surface area (Å²) in [6, 6.07) is 3.34. The molecule has 4 nitrogen and oxygen atoms in total. The van der Waals surface area contributed by atoms with Crippen molar-refractivity contribution in [3.63, 3.8) is 0 Å². The average Bonchev–Trinajstić information content (AvgIpc) is 2.85. The molecule has 0 bridgehead atoms. The van der Waals surface area contributed by atoms with Gasteiger partial charge in [-0.05, 0) is 18.1 Å². The quantitative estimate of drug-likeness (QED) is 0.403. The number of thiophene rings is 1. The Morgan fingerprint density at radius 3 is 3.10 bits per heavy atom. The first kappa shape index (κ1) is 15.0.